The van der Waals surface area contributed by atoms with Gasteiger partial charge in [-0.2, -0.15) is 4.98 Å². The van der Waals surface area contributed by atoms with Crippen LogP contribution < -0.4 is 10.1 Å². The summed E-state index contributed by atoms with van der Waals surface area (Å²) in [4.78, 5) is 8.43. The van der Waals surface area contributed by atoms with Crippen molar-refractivity contribution in [2.24, 2.45) is 0 Å². The standard InChI is InChI=1S/C11H18ClN3O2/c1-4-17-11-5-10(13-8(2)14-11)15-9(6-12)7-16-3/h5,9H,4,6-7H2,1-3H3,(H,13,14,15). The summed E-state index contributed by atoms with van der Waals surface area (Å²) < 4.78 is 10.4. The van der Waals surface area contributed by atoms with E-state index in [1.165, 1.54) is 0 Å². The van der Waals surface area contributed by atoms with E-state index in [-0.39, 0.29) is 6.04 Å². The van der Waals surface area contributed by atoms with Gasteiger partial charge in [0.05, 0.1) is 19.3 Å². The van der Waals surface area contributed by atoms with Gasteiger partial charge in [0.15, 0.2) is 0 Å². The number of nitrogens with one attached hydrogen (secondary N) is 1. The molecule has 5 nitrogen and oxygen atoms in total. The lowest BCUT2D eigenvalue weighted by atomic mass is 10.3. The third kappa shape index (κ3) is 4.75. The molecule has 0 bridgehead atoms. The number of hydrogen-bond donors (Lipinski definition) is 1. The molecular formula is C11H18ClN3O2. The molecule has 0 saturated carbocycles. The molecular weight excluding hydrogens is 242 g/mol. The third-order valence-corrected chi connectivity index (χ3v) is 2.39. The predicted octanol–water partition coefficient (Wildman–Crippen LogP) is 1.85. The van der Waals surface area contributed by atoms with Crippen LogP contribution in [0.15, 0.2) is 6.07 Å². The summed E-state index contributed by atoms with van der Waals surface area (Å²) in [6.45, 7) is 4.83. The van der Waals surface area contributed by atoms with Crippen molar-refractivity contribution in [1.29, 1.82) is 0 Å². The van der Waals surface area contributed by atoms with Crippen molar-refractivity contribution < 1.29 is 9.47 Å². The number of rotatable bonds is 7. The summed E-state index contributed by atoms with van der Waals surface area (Å²) in [5.74, 6) is 2.36. The minimum absolute atomic E-state index is 0.0189. The number of methoxy groups -OCH3 is 1. The molecule has 17 heavy (non-hydrogen) atoms. The fraction of sp³-hybridized carbons (Fsp3) is 0.636. The van der Waals surface area contributed by atoms with Crippen LogP contribution in [0.25, 0.3) is 0 Å². The molecule has 1 N–H and O–H groups in total. The van der Waals surface area contributed by atoms with E-state index in [4.69, 9.17) is 21.1 Å². The minimum atomic E-state index is 0.0189. The Balaban J connectivity index is 2.75. The summed E-state index contributed by atoms with van der Waals surface area (Å²) >= 11 is 5.82. The summed E-state index contributed by atoms with van der Waals surface area (Å²) in [7, 11) is 1.64. The van der Waals surface area contributed by atoms with E-state index in [9.17, 15) is 0 Å². The third-order valence-electron chi connectivity index (χ3n) is 2.01. The van der Waals surface area contributed by atoms with E-state index in [1.807, 2.05) is 13.8 Å². The largest absolute Gasteiger partial charge is 0.478 e. The minimum Gasteiger partial charge on any atom is -0.478 e. The Kier molecular flexibility index (Phi) is 6.00. The second-order valence-electron chi connectivity index (χ2n) is 3.52. The van der Waals surface area contributed by atoms with Crippen molar-refractivity contribution in [3.05, 3.63) is 11.9 Å². The SMILES string of the molecule is CCOc1cc(NC(CCl)COC)nc(C)n1. The van der Waals surface area contributed by atoms with Gasteiger partial charge >= 0.3 is 0 Å². The highest BCUT2D eigenvalue weighted by atomic mass is 35.5. The number of aryl methyl sites for hydroxylation is 1. The number of anilines is 1. The highest BCUT2D eigenvalue weighted by Crippen LogP contribution is 2.14. The Morgan fingerprint density at radius 3 is 2.82 bits per heavy atom. The highest BCUT2D eigenvalue weighted by Gasteiger charge is 2.09. The van der Waals surface area contributed by atoms with Gasteiger partial charge in [0.2, 0.25) is 5.88 Å². The monoisotopic (exact) mass is 259 g/mol. The number of nitrogens with zero attached hydrogens (tertiary/aromatic N) is 2. The van der Waals surface area contributed by atoms with Gasteiger partial charge < -0.3 is 14.8 Å². The van der Waals surface area contributed by atoms with Gasteiger partial charge in [-0.15, -0.1) is 11.6 Å². The summed E-state index contributed by atoms with van der Waals surface area (Å²) in [6.07, 6.45) is 0. The van der Waals surface area contributed by atoms with Crippen molar-refractivity contribution in [2.45, 2.75) is 19.9 Å². The molecule has 0 radical (unpaired) electrons. The van der Waals surface area contributed by atoms with E-state index < -0.39 is 0 Å². The van der Waals surface area contributed by atoms with Gasteiger partial charge in [0, 0.05) is 19.1 Å². The number of hydrogen-bond acceptors (Lipinski definition) is 5. The molecule has 1 heterocycles. The molecule has 0 amide bonds. The molecule has 0 saturated heterocycles. The second kappa shape index (κ2) is 7.29. The number of halogens is 1. The Bertz CT molecular complexity index is 349. The molecule has 1 aromatic heterocycles. The highest BCUT2D eigenvalue weighted by molar-refractivity contribution is 6.18. The molecule has 0 aromatic carbocycles. The summed E-state index contributed by atoms with van der Waals surface area (Å²) in [5.41, 5.74) is 0. The van der Waals surface area contributed by atoms with Gasteiger partial charge in [-0.3, -0.25) is 0 Å². The zero-order valence-corrected chi connectivity index (χ0v) is 11.1. The van der Waals surface area contributed by atoms with Crippen LogP contribution in [0.4, 0.5) is 5.82 Å². The van der Waals surface area contributed by atoms with Crippen molar-refractivity contribution in [2.75, 3.05) is 31.5 Å². The normalized spacial score (nSPS) is 12.2. The van der Waals surface area contributed by atoms with Crippen LogP contribution in [0.2, 0.25) is 0 Å². The molecule has 0 spiro atoms. The molecule has 0 aliphatic carbocycles. The van der Waals surface area contributed by atoms with Crippen LogP contribution in [0.3, 0.4) is 0 Å². The maximum atomic E-state index is 5.82. The molecule has 1 aromatic rings. The number of ether oxygens (including phenoxy) is 2. The first-order chi connectivity index (χ1) is 8.19. The molecule has 1 rings (SSSR count). The smallest absolute Gasteiger partial charge is 0.218 e. The number of aromatic nitrogens is 2. The maximum Gasteiger partial charge on any atom is 0.218 e. The van der Waals surface area contributed by atoms with Crippen LogP contribution in [0, 0.1) is 6.92 Å². The van der Waals surface area contributed by atoms with Crippen LogP contribution in [-0.4, -0.2) is 42.2 Å². The maximum absolute atomic E-state index is 5.82. The van der Waals surface area contributed by atoms with E-state index >= 15 is 0 Å². The average Bonchev–Trinajstić information content (AvgIpc) is 2.28. The zero-order chi connectivity index (χ0) is 12.7. The average molecular weight is 260 g/mol. The molecule has 96 valence electrons. The molecule has 6 heteroatoms. The summed E-state index contributed by atoms with van der Waals surface area (Å²) in [6, 6.07) is 1.77. The van der Waals surface area contributed by atoms with Crippen LogP contribution >= 0.6 is 11.6 Å². The van der Waals surface area contributed by atoms with Crippen molar-refractivity contribution in [1.82, 2.24) is 9.97 Å². The van der Waals surface area contributed by atoms with Crippen LogP contribution in [-0.2, 0) is 4.74 Å². The lowest BCUT2D eigenvalue weighted by molar-refractivity contribution is 0.191. The van der Waals surface area contributed by atoms with E-state index in [2.05, 4.69) is 15.3 Å². The topological polar surface area (TPSA) is 56.3 Å². The van der Waals surface area contributed by atoms with Gasteiger partial charge in [0.25, 0.3) is 0 Å². The van der Waals surface area contributed by atoms with Gasteiger partial charge in [-0.25, -0.2) is 4.98 Å². The first-order valence-corrected chi connectivity index (χ1v) is 6.03. The molecule has 0 aliphatic heterocycles. The Labute approximate surface area is 107 Å². The van der Waals surface area contributed by atoms with E-state index in [0.29, 0.717) is 36.6 Å². The fourth-order valence-corrected chi connectivity index (χ4v) is 1.54. The first kappa shape index (κ1) is 14.0. The summed E-state index contributed by atoms with van der Waals surface area (Å²) in [5, 5.41) is 3.18. The molecule has 1 unspecified atom stereocenters. The van der Waals surface area contributed by atoms with Crippen molar-refractivity contribution >= 4 is 17.4 Å². The van der Waals surface area contributed by atoms with E-state index in [0.717, 1.165) is 0 Å². The lowest BCUT2D eigenvalue weighted by Gasteiger charge is -2.16. The Morgan fingerprint density at radius 1 is 1.47 bits per heavy atom. The van der Waals surface area contributed by atoms with Crippen molar-refractivity contribution in [3.8, 4) is 5.88 Å². The first-order valence-electron chi connectivity index (χ1n) is 5.49. The van der Waals surface area contributed by atoms with Crippen LogP contribution in [0.5, 0.6) is 5.88 Å². The lowest BCUT2D eigenvalue weighted by Crippen LogP contribution is -2.27. The van der Waals surface area contributed by atoms with Gasteiger partial charge in [-0.05, 0) is 13.8 Å². The second-order valence-corrected chi connectivity index (χ2v) is 3.83. The molecule has 0 fully saturated rings. The Hall–Kier alpha value is -1.07. The number of alkyl halides is 1. The van der Waals surface area contributed by atoms with E-state index in [1.54, 1.807) is 13.2 Å². The predicted molar refractivity (Wildman–Crippen MR) is 67.9 cm³/mol. The fourth-order valence-electron chi connectivity index (χ4n) is 1.37. The van der Waals surface area contributed by atoms with Crippen molar-refractivity contribution in [3.63, 3.8) is 0 Å². The van der Waals surface area contributed by atoms with Gasteiger partial charge in [0.1, 0.15) is 11.6 Å². The molecule has 0 aliphatic rings. The molecule has 1 atom stereocenters. The van der Waals surface area contributed by atoms with Gasteiger partial charge in [-0.1, -0.05) is 0 Å². The van der Waals surface area contributed by atoms with Crippen LogP contribution in [0.1, 0.15) is 12.7 Å². The Morgan fingerprint density at radius 2 is 2.24 bits per heavy atom. The zero-order valence-electron chi connectivity index (χ0n) is 10.4. The quantitative estimate of drug-likeness (QED) is 0.758.